The predicted molar refractivity (Wildman–Crippen MR) is 67.5 cm³/mol. The average molecular weight is 233 g/mol. The number of hydrogen-bond acceptors (Lipinski definition) is 5. The van der Waals surface area contributed by atoms with Crippen LogP contribution >= 0.6 is 0 Å². The van der Waals surface area contributed by atoms with Gasteiger partial charge in [0.25, 0.3) is 0 Å². The first-order valence-electron chi connectivity index (χ1n) is 5.92. The van der Waals surface area contributed by atoms with Crippen LogP contribution in [0, 0.1) is 18.3 Å². The molecule has 3 N–H and O–H groups in total. The molecule has 0 saturated heterocycles. The van der Waals surface area contributed by atoms with Crippen molar-refractivity contribution in [3.63, 3.8) is 0 Å². The molecule has 1 aromatic heterocycles. The van der Waals surface area contributed by atoms with E-state index in [4.69, 9.17) is 11.0 Å². The minimum absolute atomic E-state index is 0.170. The van der Waals surface area contributed by atoms with Crippen molar-refractivity contribution in [2.45, 2.75) is 39.2 Å². The maximum absolute atomic E-state index is 8.83. The number of nitrogens with zero attached hydrogens (tertiary/aromatic N) is 3. The number of unbranched alkanes of at least 4 members (excludes halogenated alkanes) is 1. The highest BCUT2D eigenvalue weighted by molar-refractivity contribution is 5.33. The van der Waals surface area contributed by atoms with Crippen molar-refractivity contribution in [2.24, 2.45) is 5.73 Å². The van der Waals surface area contributed by atoms with Crippen LogP contribution in [-0.4, -0.2) is 22.6 Å². The van der Waals surface area contributed by atoms with Gasteiger partial charge < -0.3 is 11.1 Å². The largest absolute Gasteiger partial charge is 0.350 e. The van der Waals surface area contributed by atoms with Crippen molar-refractivity contribution < 1.29 is 0 Å². The lowest BCUT2D eigenvalue weighted by atomic mass is 10.1. The minimum Gasteiger partial charge on any atom is -0.350 e. The number of hydrogen-bond donors (Lipinski definition) is 2. The van der Waals surface area contributed by atoms with Crippen molar-refractivity contribution in [2.75, 3.05) is 11.9 Å². The number of nitriles is 1. The van der Waals surface area contributed by atoms with E-state index in [1.165, 1.54) is 0 Å². The molecule has 0 aromatic carbocycles. The summed E-state index contributed by atoms with van der Waals surface area (Å²) in [4.78, 5) is 8.36. The second kappa shape index (κ2) is 6.81. The van der Waals surface area contributed by atoms with Gasteiger partial charge in [-0.3, -0.25) is 0 Å². The van der Waals surface area contributed by atoms with Crippen LogP contribution < -0.4 is 11.1 Å². The van der Waals surface area contributed by atoms with E-state index >= 15 is 0 Å². The van der Waals surface area contributed by atoms with Crippen LogP contribution in [0.1, 0.15) is 37.6 Å². The zero-order chi connectivity index (χ0) is 12.7. The predicted octanol–water partition coefficient (Wildman–Crippen LogP) is 1.59. The summed E-state index contributed by atoms with van der Waals surface area (Å²) in [5.41, 5.74) is 6.85. The van der Waals surface area contributed by atoms with Crippen LogP contribution in [0.2, 0.25) is 0 Å². The van der Waals surface area contributed by atoms with Crippen molar-refractivity contribution in [1.29, 1.82) is 5.26 Å². The Labute approximate surface area is 102 Å². The van der Waals surface area contributed by atoms with Crippen molar-refractivity contribution in [3.05, 3.63) is 17.5 Å². The quantitative estimate of drug-likeness (QED) is 0.779. The molecule has 0 aliphatic heterocycles. The molecular formula is C12H19N5. The third kappa shape index (κ3) is 4.37. The second-order valence-electron chi connectivity index (χ2n) is 4.05. The smallest absolute Gasteiger partial charge is 0.224 e. The second-order valence-corrected chi connectivity index (χ2v) is 4.05. The Morgan fingerprint density at radius 3 is 2.88 bits per heavy atom. The van der Waals surface area contributed by atoms with Gasteiger partial charge in [0.1, 0.15) is 11.8 Å². The summed E-state index contributed by atoms with van der Waals surface area (Å²) < 4.78 is 0. The van der Waals surface area contributed by atoms with Crippen LogP contribution in [0.15, 0.2) is 6.07 Å². The first-order chi connectivity index (χ1) is 8.19. The lowest BCUT2D eigenvalue weighted by molar-refractivity contribution is 0.609. The highest BCUT2D eigenvalue weighted by Gasteiger charge is 2.08. The first-order valence-corrected chi connectivity index (χ1v) is 5.92. The maximum Gasteiger partial charge on any atom is 0.224 e. The van der Waals surface area contributed by atoms with E-state index in [9.17, 15) is 0 Å². The number of aromatic nitrogens is 2. The van der Waals surface area contributed by atoms with Crippen LogP contribution in [0.3, 0.4) is 0 Å². The molecule has 1 rings (SSSR count). The fraction of sp³-hybridized carbons (Fsp3) is 0.583. The molecule has 0 amide bonds. The fourth-order valence-corrected chi connectivity index (χ4v) is 1.57. The van der Waals surface area contributed by atoms with Gasteiger partial charge in [-0.2, -0.15) is 5.26 Å². The number of rotatable bonds is 6. The molecule has 0 aliphatic rings. The lowest BCUT2D eigenvalue weighted by Gasteiger charge is -2.16. The Morgan fingerprint density at radius 2 is 2.29 bits per heavy atom. The van der Waals surface area contributed by atoms with Gasteiger partial charge >= 0.3 is 0 Å². The zero-order valence-corrected chi connectivity index (χ0v) is 10.4. The first kappa shape index (κ1) is 13.4. The molecule has 1 atom stereocenters. The van der Waals surface area contributed by atoms with Crippen LogP contribution in [0.4, 0.5) is 5.95 Å². The standard InChI is InChI=1S/C12H19N5/c1-3-4-5-10(7-13)16-12-15-9(2)6-11(8-14)17-12/h6,10H,3-5,7,13H2,1-2H3,(H,15,16,17). The van der Waals surface area contributed by atoms with Gasteiger partial charge in [-0.25, -0.2) is 9.97 Å². The molecule has 1 aromatic rings. The molecule has 17 heavy (non-hydrogen) atoms. The van der Waals surface area contributed by atoms with Gasteiger partial charge in [-0.1, -0.05) is 19.8 Å². The summed E-state index contributed by atoms with van der Waals surface area (Å²) in [5, 5.41) is 12.0. The van der Waals surface area contributed by atoms with E-state index in [0.29, 0.717) is 18.2 Å². The molecule has 1 heterocycles. The summed E-state index contributed by atoms with van der Waals surface area (Å²) in [6, 6.07) is 3.85. The van der Waals surface area contributed by atoms with Crippen LogP contribution in [0.25, 0.3) is 0 Å². The molecule has 5 heteroatoms. The van der Waals surface area contributed by atoms with Gasteiger partial charge in [0.05, 0.1) is 0 Å². The third-order valence-corrected chi connectivity index (χ3v) is 2.49. The van der Waals surface area contributed by atoms with E-state index in [-0.39, 0.29) is 6.04 Å². The molecule has 0 saturated carbocycles. The van der Waals surface area contributed by atoms with Crippen LogP contribution in [-0.2, 0) is 0 Å². The fourth-order valence-electron chi connectivity index (χ4n) is 1.57. The summed E-state index contributed by atoms with van der Waals surface area (Å²) in [7, 11) is 0. The molecular weight excluding hydrogens is 214 g/mol. The Morgan fingerprint density at radius 1 is 1.53 bits per heavy atom. The molecule has 0 radical (unpaired) electrons. The summed E-state index contributed by atoms with van der Waals surface area (Å²) in [6.07, 6.45) is 3.24. The van der Waals surface area contributed by atoms with Gasteiger partial charge in [0, 0.05) is 18.3 Å². The molecule has 0 bridgehead atoms. The SMILES string of the molecule is CCCCC(CN)Nc1nc(C)cc(C#N)n1. The van der Waals surface area contributed by atoms with Crippen LogP contribution in [0.5, 0.6) is 0 Å². The maximum atomic E-state index is 8.83. The summed E-state index contributed by atoms with van der Waals surface area (Å²) >= 11 is 0. The van der Waals surface area contributed by atoms with Gasteiger partial charge in [-0.05, 0) is 19.4 Å². The van der Waals surface area contributed by atoms with Crippen molar-refractivity contribution in [3.8, 4) is 6.07 Å². The topological polar surface area (TPSA) is 87.6 Å². The highest BCUT2D eigenvalue weighted by atomic mass is 15.1. The summed E-state index contributed by atoms with van der Waals surface area (Å²) in [5.74, 6) is 0.494. The average Bonchev–Trinajstić information content (AvgIpc) is 2.33. The van der Waals surface area contributed by atoms with Gasteiger partial charge in [0.15, 0.2) is 0 Å². The molecule has 0 aliphatic carbocycles. The van der Waals surface area contributed by atoms with E-state index < -0.39 is 0 Å². The molecule has 5 nitrogen and oxygen atoms in total. The van der Waals surface area contributed by atoms with E-state index in [1.807, 2.05) is 13.0 Å². The molecule has 92 valence electrons. The van der Waals surface area contributed by atoms with Crippen molar-refractivity contribution >= 4 is 5.95 Å². The Balaban J connectivity index is 2.72. The number of nitrogens with one attached hydrogen (secondary N) is 1. The highest BCUT2D eigenvalue weighted by Crippen LogP contribution is 2.08. The minimum atomic E-state index is 0.170. The third-order valence-electron chi connectivity index (χ3n) is 2.49. The number of nitrogens with two attached hydrogens (primary N) is 1. The van der Waals surface area contributed by atoms with Gasteiger partial charge in [0.2, 0.25) is 5.95 Å². The molecule has 0 fully saturated rings. The van der Waals surface area contributed by atoms with Gasteiger partial charge in [-0.15, -0.1) is 0 Å². The Hall–Kier alpha value is -1.67. The Bertz CT molecular complexity index is 396. The Kier molecular flexibility index (Phi) is 5.37. The van der Waals surface area contributed by atoms with E-state index in [0.717, 1.165) is 25.0 Å². The molecule has 1 unspecified atom stereocenters. The molecule has 0 spiro atoms. The summed E-state index contributed by atoms with van der Waals surface area (Å²) in [6.45, 7) is 4.53. The lowest BCUT2D eigenvalue weighted by Crippen LogP contribution is -2.29. The van der Waals surface area contributed by atoms with Crippen molar-refractivity contribution in [1.82, 2.24) is 9.97 Å². The number of anilines is 1. The van der Waals surface area contributed by atoms with E-state index in [2.05, 4.69) is 22.2 Å². The zero-order valence-electron chi connectivity index (χ0n) is 10.4. The monoisotopic (exact) mass is 233 g/mol. The number of aryl methyl sites for hydroxylation is 1. The normalized spacial score (nSPS) is 11.9. The van der Waals surface area contributed by atoms with E-state index in [1.54, 1.807) is 6.07 Å².